The van der Waals surface area contributed by atoms with Crippen molar-refractivity contribution in [2.75, 3.05) is 24.2 Å². The molecule has 7 heteroatoms. The molecule has 0 bridgehead atoms. The Bertz CT molecular complexity index is 434. The molecule has 0 fully saturated rings. The monoisotopic (exact) mass is 239 g/mol. The lowest BCUT2D eigenvalue weighted by molar-refractivity contribution is 0.0697. The number of hydrogen-bond donors (Lipinski definition) is 4. The number of benzene rings is 1. The fourth-order valence-corrected chi connectivity index (χ4v) is 1.23. The third-order valence-corrected chi connectivity index (χ3v) is 1.94. The van der Waals surface area contributed by atoms with E-state index >= 15 is 0 Å². The molecule has 0 aromatic heterocycles. The number of rotatable bonds is 5. The van der Waals surface area contributed by atoms with Gasteiger partial charge in [-0.3, -0.25) is 0 Å². The van der Waals surface area contributed by atoms with Gasteiger partial charge in [0.2, 0.25) is 0 Å². The Morgan fingerprint density at radius 2 is 2.12 bits per heavy atom. The van der Waals surface area contributed by atoms with Gasteiger partial charge < -0.3 is 26.6 Å². The van der Waals surface area contributed by atoms with E-state index in [2.05, 4.69) is 10.1 Å². The number of aromatic carboxylic acids is 1. The largest absolute Gasteiger partial charge is 0.478 e. The van der Waals surface area contributed by atoms with Gasteiger partial charge in [0.05, 0.1) is 11.3 Å². The first kappa shape index (κ1) is 12.6. The Balaban J connectivity index is 2.65. The number of amides is 1. The Morgan fingerprint density at radius 3 is 2.71 bits per heavy atom. The Kier molecular flexibility index (Phi) is 4.15. The molecule has 0 saturated heterocycles. The van der Waals surface area contributed by atoms with Crippen molar-refractivity contribution < 1.29 is 19.4 Å². The van der Waals surface area contributed by atoms with Crippen LogP contribution in [0.1, 0.15) is 10.4 Å². The van der Waals surface area contributed by atoms with E-state index in [1.54, 1.807) is 0 Å². The zero-order valence-electron chi connectivity index (χ0n) is 8.97. The first-order valence-corrected chi connectivity index (χ1v) is 4.79. The van der Waals surface area contributed by atoms with Gasteiger partial charge in [-0.2, -0.15) is 0 Å². The van der Waals surface area contributed by atoms with Crippen LogP contribution in [0, 0.1) is 0 Å². The van der Waals surface area contributed by atoms with Gasteiger partial charge in [-0.25, -0.2) is 9.59 Å². The maximum atomic E-state index is 10.9. The summed E-state index contributed by atoms with van der Waals surface area (Å²) >= 11 is 0. The van der Waals surface area contributed by atoms with Crippen LogP contribution in [0.5, 0.6) is 0 Å². The van der Waals surface area contributed by atoms with Crippen molar-refractivity contribution in [2.24, 2.45) is 5.73 Å². The molecule has 0 saturated carbocycles. The van der Waals surface area contributed by atoms with Crippen molar-refractivity contribution in [3.05, 3.63) is 23.8 Å². The topological polar surface area (TPSA) is 128 Å². The van der Waals surface area contributed by atoms with Gasteiger partial charge in [-0.15, -0.1) is 0 Å². The summed E-state index contributed by atoms with van der Waals surface area (Å²) in [6.45, 7) is 0.288. The van der Waals surface area contributed by atoms with Gasteiger partial charge in [0.15, 0.2) is 0 Å². The van der Waals surface area contributed by atoms with Crippen molar-refractivity contribution in [3.8, 4) is 0 Å². The molecule has 17 heavy (non-hydrogen) atoms. The quantitative estimate of drug-likeness (QED) is 0.437. The molecule has 0 heterocycles. The smallest absolute Gasteiger partial charge is 0.404 e. The average molecular weight is 239 g/mol. The summed E-state index contributed by atoms with van der Waals surface area (Å²) in [5.74, 6) is -1.07. The van der Waals surface area contributed by atoms with Crippen LogP contribution in [0.25, 0.3) is 0 Å². The molecule has 0 atom stereocenters. The molecule has 0 aliphatic heterocycles. The summed E-state index contributed by atoms with van der Waals surface area (Å²) < 4.78 is 4.49. The van der Waals surface area contributed by atoms with Gasteiger partial charge in [0.25, 0.3) is 0 Å². The fourth-order valence-electron chi connectivity index (χ4n) is 1.23. The van der Waals surface area contributed by atoms with E-state index in [0.29, 0.717) is 11.4 Å². The summed E-state index contributed by atoms with van der Waals surface area (Å²) in [7, 11) is 0. The van der Waals surface area contributed by atoms with Gasteiger partial charge in [-0.1, -0.05) is 0 Å². The zero-order chi connectivity index (χ0) is 12.8. The van der Waals surface area contributed by atoms with Crippen LogP contribution in [0.2, 0.25) is 0 Å². The van der Waals surface area contributed by atoms with E-state index in [9.17, 15) is 9.59 Å². The molecule has 0 radical (unpaired) electrons. The molecule has 0 unspecified atom stereocenters. The number of primary amides is 1. The average Bonchev–Trinajstić information content (AvgIpc) is 2.23. The highest BCUT2D eigenvalue weighted by Crippen LogP contribution is 2.18. The molecule has 1 aromatic carbocycles. The summed E-state index contributed by atoms with van der Waals surface area (Å²) in [6, 6.07) is 4.39. The van der Waals surface area contributed by atoms with E-state index in [1.807, 2.05) is 0 Å². The van der Waals surface area contributed by atoms with Crippen molar-refractivity contribution in [2.45, 2.75) is 0 Å². The Morgan fingerprint density at radius 1 is 1.41 bits per heavy atom. The van der Waals surface area contributed by atoms with Crippen LogP contribution < -0.4 is 16.8 Å². The summed E-state index contributed by atoms with van der Waals surface area (Å²) in [6.07, 6.45) is -0.877. The molecular weight excluding hydrogens is 226 g/mol. The maximum Gasteiger partial charge on any atom is 0.404 e. The lowest BCUT2D eigenvalue weighted by Crippen LogP contribution is -2.19. The number of nitrogens with two attached hydrogens (primary N) is 2. The molecular formula is C10H13N3O4. The molecule has 6 N–H and O–H groups in total. The van der Waals surface area contributed by atoms with Crippen LogP contribution in [0.4, 0.5) is 16.2 Å². The van der Waals surface area contributed by atoms with Crippen molar-refractivity contribution in [1.82, 2.24) is 0 Å². The van der Waals surface area contributed by atoms with E-state index in [1.165, 1.54) is 18.2 Å². The van der Waals surface area contributed by atoms with Crippen LogP contribution in [0.3, 0.4) is 0 Å². The zero-order valence-corrected chi connectivity index (χ0v) is 8.97. The molecule has 92 valence electrons. The van der Waals surface area contributed by atoms with Crippen molar-refractivity contribution in [1.29, 1.82) is 0 Å². The van der Waals surface area contributed by atoms with Gasteiger partial charge >= 0.3 is 12.1 Å². The van der Waals surface area contributed by atoms with Gasteiger partial charge in [-0.05, 0) is 18.2 Å². The second kappa shape index (κ2) is 5.59. The lowest BCUT2D eigenvalue weighted by Gasteiger charge is -2.10. The Hall–Kier alpha value is -2.44. The number of carboxylic acids is 1. The van der Waals surface area contributed by atoms with Crippen LogP contribution >= 0.6 is 0 Å². The number of hydrogen-bond acceptors (Lipinski definition) is 5. The number of carbonyl (C=O) groups excluding carboxylic acids is 1. The van der Waals surface area contributed by atoms with E-state index < -0.39 is 12.1 Å². The van der Waals surface area contributed by atoms with Crippen molar-refractivity contribution >= 4 is 23.4 Å². The van der Waals surface area contributed by atoms with Gasteiger partial charge in [0, 0.05) is 12.2 Å². The number of nitrogens with one attached hydrogen (secondary N) is 1. The highest BCUT2D eigenvalue weighted by atomic mass is 16.5. The number of carbonyl (C=O) groups is 2. The van der Waals surface area contributed by atoms with Crippen LogP contribution in [-0.4, -0.2) is 30.3 Å². The minimum atomic E-state index is -1.07. The molecule has 1 aromatic rings. The normalized spacial score (nSPS) is 9.65. The van der Waals surface area contributed by atoms with E-state index in [4.69, 9.17) is 16.6 Å². The molecule has 1 rings (SSSR count). The van der Waals surface area contributed by atoms with Crippen molar-refractivity contribution in [3.63, 3.8) is 0 Å². The lowest BCUT2D eigenvalue weighted by atomic mass is 10.1. The molecule has 0 aliphatic carbocycles. The van der Waals surface area contributed by atoms with E-state index in [-0.39, 0.29) is 18.7 Å². The minimum absolute atomic E-state index is 0.0448. The van der Waals surface area contributed by atoms with E-state index in [0.717, 1.165) is 0 Å². The fraction of sp³-hybridized carbons (Fsp3) is 0.200. The summed E-state index contributed by atoms with van der Waals surface area (Å²) in [5.41, 5.74) is 11.2. The first-order chi connectivity index (χ1) is 8.00. The second-order valence-corrected chi connectivity index (χ2v) is 3.20. The molecule has 7 nitrogen and oxygen atoms in total. The number of anilines is 2. The molecule has 0 aliphatic rings. The highest BCUT2D eigenvalue weighted by molar-refractivity contribution is 5.95. The minimum Gasteiger partial charge on any atom is -0.478 e. The van der Waals surface area contributed by atoms with Crippen LogP contribution in [0.15, 0.2) is 18.2 Å². The second-order valence-electron chi connectivity index (χ2n) is 3.20. The SMILES string of the molecule is NC(=O)OCCNc1cc(N)ccc1C(=O)O. The predicted octanol–water partition coefficient (Wildman–Crippen LogP) is 0.474. The molecule has 0 spiro atoms. The standard InChI is InChI=1S/C10H13N3O4/c11-6-1-2-7(9(14)15)8(5-6)13-3-4-17-10(12)16/h1-2,5,13H,3-4,11H2,(H2,12,16)(H,14,15). The number of carboxylic acid groups (broad SMARTS) is 1. The molecule has 1 amide bonds. The third-order valence-electron chi connectivity index (χ3n) is 1.94. The first-order valence-electron chi connectivity index (χ1n) is 4.79. The maximum absolute atomic E-state index is 10.9. The van der Waals surface area contributed by atoms with Crippen LogP contribution in [-0.2, 0) is 4.74 Å². The third kappa shape index (κ3) is 3.90. The Labute approximate surface area is 97.4 Å². The predicted molar refractivity (Wildman–Crippen MR) is 61.8 cm³/mol. The summed E-state index contributed by atoms with van der Waals surface area (Å²) in [4.78, 5) is 21.2. The number of nitrogen functional groups attached to an aromatic ring is 1. The summed E-state index contributed by atoms with van der Waals surface area (Å²) in [5, 5.41) is 11.7. The highest BCUT2D eigenvalue weighted by Gasteiger charge is 2.09. The number of ether oxygens (including phenoxy) is 1. The van der Waals surface area contributed by atoms with Gasteiger partial charge in [0.1, 0.15) is 6.61 Å².